The van der Waals surface area contributed by atoms with Crippen molar-refractivity contribution in [1.82, 2.24) is 9.58 Å². The highest BCUT2D eigenvalue weighted by Crippen LogP contribution is 2.28. The predicted molar refractivity (Wildman–Crippen MR) is 65.0 cm³/mol. The molecular weight excluding hydrogens is 234 g/mol. The van der Waals surface area contributed by atoms with Crippen LogP contribution in [0.15, 0.2) is 17.1 Å². The summed E-state index contributed by atoms with van der Waals surface area (Å²) in [4.78, 5) is 25.4. The van der Waals surface area contributed by atoms with E-state index in [1.54, 1.807) is 4.90 Å². The lowest BCUT2D eigenvalue weighted by molar-refractivity contribution is 0.0517. The van der Waals surface area contributed by atoms with Gasteiger partial charge in [0.15, 0.2) is 11.4 Å². The molecule has 1 fully saturated rings. The SMILES string of the molecule is CC1CCN2C(=O)c3c(O)c(=O)ccn3NC2C1. The van der Waals surface area contributed by atoms with Crippen LogP contribution in [0.25, 0.3) is 0 Å². The monoisotopic (exact) mass is 249 g/mol. The lowest BCUT2D eigenvalue weighted by Gasteiger charge is -2.43. The van der Waals surface area contributed by atoms with Crippen LogP contribution in [0.1, 0.15) is 30.3 Å². The fourth-order valence-corrected chi connectivity index (χ4v) is 2.64. The maximum absolute atomic E-state index is 12.3. The molecule has 6 heteroatoms. The Labute approximate surface area is 104 Å². The summed E-state index contributed by atoms with van der Waals surface area (Å²) in [5, 5.41) is 9.74. The van der Waals surface area contributed by atoms with E-state index in [1.165, 1.54) is 16.9 Å². The first kappa shape index (κ1) is 11.1. The van der Waals surface area contributed by atoms with Crippen molar-refractivity contribution >= 4 is 5.91 Å². The summed E-state index contributed by atoms with van der Waals surface area (Å²) in [6.07, 6.45) is 3.25. The van der Waals surface area contributed by atoms with E-state index in [1.807, 2.05) is 0 Å². The van der Waals surface area contributed by atoms with Gasteiger partial charge in [0.1, 0.15) is 6.17 Å². The molecule has 2 N–H and O–H groups in total. The molecule has 0 aliphatic carbocycles. The van der Waals surface area contributed by atoms with Crippen LogP contribution < -0.4 is 10.9 Å². The van der Waals surface area contributed by atoms with Crippen LogP contribution in [-0.2, 0) is 0 Å². The number of rotatable bonds is 0. The van der Waals surface area contributed by atoms with E-state index in [9.17, 15) is 14.7 Å². The number of piperidine rings is 1. The molecule has 1 saturated heterocycles. The number of fused-ring (bicyclic) bond motifs is 2. The second-order valence-corrected chi connectivity index (χ2v) is 5.02. The number of nitrogens with one attached hydrogen (secondary N) is 1. The van der Waals surface area contributed by atoms with E-state index in [0.29, 0.717) is 12.5 Å². The van der Waals surface area contributed by atoms with Crippen molar-refractivity contribution in [2.45, 2.75) is 25.9 Å². The first-order chi connectivity index (χ1) is 8.58. The molecular formula is C12H15N3O3. The molecule has 2 aliphatic heterocycles. The Morgan fingerprint density at radius 3 is 3.00 bits per heavy atom. The maximum atomic E-state index is 12.3. The van der Waals surface area contributed by atoms with E-state index >= 15 is 0 Å². The Bertz CT molecular complexity index is 566. The van der Waals surface area contributed by atoms with E-state index in [-0.39, 0.29) is 17.8 Å². The molecule has 0 radical (unpaired) electrons. The number of aromatic hydroxyl groups is 1. The molecule has 2 aliphatic rings. The normalized spacial score (nSPS) is 26.3. The Morgan fingerprint density at radius 2 is 2.22 bits per heavy atom. The molecule has 0 aromatic carbocycles. The smallest absolute Gasteiger partial charge is 0.278 e. The molecule has 1 aromatic rings. The molecule has 2 unspecified atom stereocenters. The first-order valence-electron chi connectivity index (χ1n) is 6.10. The fourth-order valence-electron chi connectivity index (χ4n) is 2.64. The third-order valence-electron chi connectivity index (χ3n) is 3.69. The molecule has 6 nitrogen and oxygen atoms in total. The van der Waals surface area contributed by atoms with Gasteiger partial charge in [0.25, 0.3) is 5.91 Å². The van der Waals surface area contributed by atoms with Crippen molar-refractivity contribution in [1.29, 1.82) is 0 Å². The fraction of sp³-hybridized carbons (Fsp3) is 0.500. The molecule has 2 atom stereocenters. The third kappa shape index (κ3) is 1.48. The van der Waals surface area contributed by atoms with Gasteiger partial charge in [0.05, 0.1) is 0 Å². The van der Waals surface area contributed by atoms with E-state index in [2.05, 4.69) is 12.3 Å². The Hall–Kier alpha value is -1.98. The highest BCUT2D eigenvalue weighted by Gasteiger charge is 2.37. The van der Waals surface area contributed by atoms with Crippen LogP contribution in [-0.4, -0.2) is 33.3 Å². The molecule has 3 rings (SSSR count). The number of carbonyl (C=O) groups is 1. The van der Waals surface area contributed by atoms with Gasteiger partial charge in [-0.3, -0.25) is 14.3 Å². The number of carbonyl (C=O) groups excluding carboxylic acids is 1. The van der Waals surface area contributed by atoms with Gasteiger partial charge in [0.2, 0.25) is 5.43 Å². The molecule has 3 heterocycles. The minimum atomic E-state index is -0.528. The van der Waals surface area contributed by atoms with Crippen molar-refractivity contribution in [2.24, 2.45) is 5.92 Å². The summed E-state index contributed by atoms with van der Waals surface area (Å²) in [6, 6.07) is 1.25. The van der Waals surface area contributed by atoms with Gasteiger partial charge >= 0.3 is 0 Å². The molecule has 0 spiro atoms. The molecule has 1 aromatic heterocycles. The number of hydrogen-bond acceptors (Lipinski definition) is 4. The summed E-state index contributed by atoms with van der Waals surface area (Å²) < 4.78 is 1.46. The van der Waals surface area contributed by atoms with Gasteiger partial charge < -0.3 is 15.4 Å². The first-order valence-corrected chi connectivity index (χ1v) is 6.10. The van der Waals surface area contributed by atoms with Gasteiger partial charge in [-0.15, -0.1) is 0 Å². The predicted octanol–water partition coefficient (Wildman–Crippen LogP) is 0.309. The van der Waals surface area contributed by atoms with Crippen molar-refractivity contribution in [3.8, 4) is 5.75 Å². The maximum Gasteiger partial charge on any atom is 0.278 e. The number of pyridine rings is 1. The van der Waals surface area contributed by atoms with E-state index < -0.39 is 11.2 Å². The van der Waals surface area contributed by atoms with Gasteiger partial charge in [0, 0.05) is 18.8 Å². The number of amides is 1. The molecule has 96 valence electrons. The topological polar surface area (TPSA) is 74.6 Å². The van der Waals surface area contributed by atoms with Crippen LogP contribution in [0.5, 0.6) is 5.75 Å². The summed E-state index contributed by atoms with van der Waals surface area (Å²) in [7, 11) is 0. The quantitative estimate of drug-likeness (QED) is 0.694. The average molecular weight is 249 g/mol. The van der Waals surface area contributed by atoms with Crippen molar-refractivity contribution in [3.05, 3.63) is 28.2 Å². The second kappa shape index (κ2) is 3.76. The Morgan fingerprint density at radius 1 is 1.44 bits per heavy atom. The minimum absolute atomic E-state index is 0.0355. The van der Waals surface area contributed by atoms with E-state index in [4.69, 9.17) is 0 Å². The zero-order valence-corrected chi connectivity index (χ0v) is 10.1. The summed E-state index contributed by atoms with van der Waals surface area (Å²) >= 11 is 0. The zero-order chi connectivity index (χ0) is 12.9. The highest BCUT2D eigenvalue weighted by atomic mass is 16.3. The molecule has 0 saturated carbocycles. The Balaban J connectivity index is 2.08. The van der Waals surface area contributed by atoms with Crippen LogP contribution in [0, 0.1) is 5.92 Å². The van der Waals surface area contributed by atoms with Crippen molar-refractivity contribution in [3.63, 3.8) is 0 Å². The minimum Gasteiger partial charge on any atom is -0.502 e. The van der Waals surface area contributed by atoms with Gasteiger partial charge in [-0.25, -0.2) is 0 Å². The van der Waals surface area contributed by atoms with Gasteiger partial charge in [-0.1, -0.05) is 6.92 Å². The highest BCUT2D eigenvalue weighted by molar-refractivity contribution is 5.96. The summed E-state index contributed by atoms with van der Waals surface area (Å²) in [5.74, 6) is -0.200. The lowest BCUT2D eigenvalue weighted by atomic mass is 9.95. The third-order valence-corrected chi connectivity index (χ3v) is 3.69. The van der Waals surface area contributed by atoms with E-state index in [0.717, 1.165) is 12.8 Å². The molecule has 1 amide bonds. The average Bonchev–Trinajstić information content (AvgIpc) is 2.33. The standard InChI is InChI=1S/C12H15N3O3/c1-7-2-4-14-9(6-7)13-15-5-3-8(16)11(17)10(15)12(14)18/h3,5,7,9,13,17H,2,4,6H2,1H3. The molecule has 0 bridgehead atoms. The summed E-state index contributed by atoms with van der Waals surface area (Å²) in [5.41, 5.74) is 2.66. The Kier molecular flexibility index (Phi) is 2.33. The summed E-state index contributed by atoms with van der Waals surface area (Å²) in [6.45, 7) is 2.81. The zero-order valence-electron chi connectivity index (χ0n) is 10.1. The second-order valence-electron chi connectivity index (χ2n) is 5.02. The largest absolute Gasteiger partial charge is 0.502 e. The van der Waals surface area contributed by atoms with Gasteiger partial charge in [-0.2, -0.15) is 0 Å². The number of nitrogens with zero attached hydrogens (tertiary/aromatic N) is 2. The van der Waals surface area contributed by atoms with Crippen LogP contribution in [0.2, 0.25) is 0 Å². The van der Waals surface area contributed by atoms with Crippen molar-refractivity contribution in [2.75, 3.05) is 12.0 Å². The number of aromatic nitrogens is 1. The number of hydrogen-bond donors (Lipinski definition) is 2. The van der Waals surface area contributed by atoms with Gasteiger partial charge in [-0.05, 0) is 18.8 Å². The molecule has 18 heavy (non-hydrogen) atoms. The van der Waals surface area contributed by atoms with Crippen LogP contribution in [0.3, 0.4) is 0 Å². The lowest BCUT2D eigenvalue weighted by Crippen LogP contribution is -2.57. The van der Waals surface area contributed by atoms with Crippen molar-refractivity contribution < 1.29 is 9.90 Å². The van der Waals surface area contributed by atoms with Crippen LogP contribution >= 0.6 is 0 Å². The van der Waals surface area contributed by atoms with Crippen LogP contribution in [0.4, 0.5) is 0 Å².